The Bertz CT molecular complexity index is 823. The molecule has 0 bridgehead atoms. The van der Waals surface area contributed by atoms with Gasteiger partial charge in [0.05, 0.1) is 11.4 Å². The number of nitrogens with zero attached hydrogens (tertiary/aromatic N) is 5. The first kappa shape index (κ1) is 18.3. The van der Waals surface area contributed by atoms with Gasteiger partial charge in [-0.2, -0.15) is 10.4 Å². The maximum Gasteiger partial charge on any atom is 0.166 e. The highest BCUT2D eigenvalue weighted by Gasteiger charge is 2.33. The van der Waals surface area contributed by atoms with Crippen LogP contribution in [0.2, 0.25) is 0 Å². The fourth-order valence-corrected chi connectivity index (χ4v) is 3.34. The lowest BCUT2D eigenvalue weighted by Gasteiger charge is -2.24. The summed E-state index contributed by atoms with van der Waals surface area (Å²) in [6.07, 6.45) is -0.431. The molecule has 7 nitrogen and oxygen atoms in total. The zero-order valence-electron chi connectivity index (χ0n) is 15.5. The smallest absolute Gasteiger partial charge is 0.166 e. The van der Waals surface area contributed by atoms with Crippen LogP contribution in [-0.2, 0) is 6.54 Å². The molecule has 1 N–H and O–H groups in total. The molecule has 1 fully saturated rings. The summed E-state index contributed by atoms with van der Waals surface area (Å²) in [7, 11) is 0. The van der Waals surface area contributed by atoms with Crippen molar-refractivity contribution in [1.82, 2.24) is 20.3 Å². The molecule has 2 aromatic heterocycles. The summed E-state index contributed by atoms with van der Waals surface area (Å²) in [5.74, 6) is 1.22. The Morgan fingerprint density at radius 3 is 2.69 bits per heavy atom. The molecule has 0 radical (unpaired) electrons. The van der Waals surface area contributed by atoms with Crippen LogP contribution >= 0.6 is 0 Å². The second-order valence-corrected chi connectivity index (χ2v) is 6.85. The van der Waals surface area contributed by atoms with E-state index in [2.05, 4.69) is 31.6 Å². The number of hydrogen-bond donors (Lipinski definition) is 1. The van der Waals surface area contributed by atoms with Crippen LogP contribution in [0.4, 0.5) is 10.2 Å². The van der Waals surface area contributed by atoms with E-state index in [0.717, 1.165) is 28.3 Å². The number of aromatic nitrogens is 3. The average Bonchev–Trinajstić information content (AvgIpc) is 3.12. The highest BCUT2D eigenvalue weighted by atomic mass is 19.1. The predicted molar refractivity (Wildman–Crippen MR) is 94.4 cm³/mol. The number of nitrogens with one attached hydrogen (secondary N) is 1. The van der Waals surface area contributed by atoms with Crippen molar-refractivity contribution in [3.63, 3.8) is 0 Å². The van der Waals surface area contributed by atoms with Gasteiger partial charge in [-0.1, -0.05) is 5.16 Å². The van der Waals surface area contributed by atoms with Gasteiger partial charge in [-0.15, -0.1) is 5.10 Å². The molecule has 8 heteroatoms. The molecule has 138 valence electrons. The van der Waals surface area contributed by atoms with Crippen LogP contribution in [0, 0.1) is 39.0 Å². The largest absolute Gasteiger partial charge is 0.366 e. The summed E-state index contributed by atoms with van der Waals surface area (Å²) >= 11 is 0. The van der Waals surface area contributed by atoms with E-state index < -0.39 is 6.17 Å². The van der Waals surface area contributed by atoms with Crippen LogP contribution in [0.1, 0.15) is 40.3 Å². The van der Waals surface area contributed by atoms with Crippen LogP contribution in [0.15, 0.2) is 4.52 Å². The van der Waals surface area contributed by atoms with E-state index >= 15 is 0 Å². The lowest BCUT2D eigenvalue weighted by Crippen LogP contribution is -2.35. The van der Waals surface area contributed by atoms with Gasteiger partial charge in [0.25, 0.3) is 0 Å². The molecule has 0 aromatic carbocycles. The van der Waals surface area contributed by atoms with Crippen LogP contribution in [0.5, 0.6) is 0 Å². The second-order valence-electron chi connectivity index (χ2n) is 6.85. The first-order chi connectivity index (χ1) is 12.4. The summed E-state index contributed by atoms with van der Waals surface area (Å²) < 4.78 is 19.3. The van der Waals surface area contributed by atoms with Crippen LogP contribution in [0.3, 0.4) is 0 Å². The topological polar surface area (TPSA) is 90.9 Å². The molecule has 0 amide bonds. The Balaban J connectivity index is 1.73. The van der Waals surface area contributed by atoms with Gasteiger partial charge in [-0.3, -0.25) is 4.90 Å². The van der Waals surface area contributed by atoms with E-state index in [1.165, 1.54) is 0 Å². The molecule has 0 unspecified atom stereocenters. The van der Waals surface area contributed by atoms with Gasteiger partial charge in [0.2, 0.25) is 0 Å². The maximum absolute atomic E-state index is 14.1. The lowest BCUT2D eigenvalue weighted by molar-refractivity contribution is 0.239. The monoisotopic (exact) mass is 358 g/mol. The number of likely N-dealkylation sites (tertiary alicyclic amines) is 1. The summed E-state index contributed by atoms with van der Waals surface area (Å²) in [5, 5.41) is 24.7. The minimum atomic E-state index is -0.872. The van der Waals surface area contributed by atoms with E-state index in [4.69, 9.17) is 4.52 Å². The van der Waals surface area contributed by atoms with Gasteiger partial charge in [-0.05, 0) is 39.7 Å². The van der Waals surface area contributed by atoms with Gasteiger partial charge in [0, 0.05) is 31.2 Å². The van der Waals surface area contributed by atoms with Crippen molar-refractivity contribution in [3.05, 3.63) is 33.8 Å². The number of hydrogen-bond acceptors (Lipinski definition) is 7. The molecule has 26 heavy (non-hydrogen) atoms. The van der Waals surface area contributed by atoms with Crippen molar-refractivity contribution >= 4 is 5.82 Å². The zero-order valence-corrected chi connectivity index (χ0v) is 15.5. The SMILES string of the molecule is Cc1nnc(NC[C@@H]2C[C@H](F)CN2Cc2c(C)noc2C)c(C#N)c1C. The summed E-state index contributed by atoms with van der Waals surface area (Å²) in [6, 6.07) is 2.17. The summed E-state index contributed by atoms with van der Waals surface area (Å²) in [5.41, 5.74) is 3.88. The molecule has 3 rings (SSSR count). The summed E-state index contributed by atoms with van der Waals surface area (Å²) in [4.78, 5) is 2.09. The lowest BCUT2D eigenvalue weighted by atomic mass is 10.1. The average molecular weight is 358 g/mol. The number of halogens is 1. The number of anilines is 1. The molecule has 1 saturated heterocycles. The highest BCUT2D eigenvalue weighted by Crippen LogP contribution is 2.26. The Hall–Kier alpha value is -2.53. The molecule has 1 aliphatic heterocycles. The first-order valence-corrected chi connectivity index (χ1v) is 8.68. The molecule has 1 aliphatic rings. The summed E-state index contributed by atoms with van der Waals surface area (Å²) in [6.45, 7) is 8.91. The molecular weight excluding hydrogens is 335 g/mol. The molecule has 2 aromatic rings. The van der Waals surface area contributed by atoms with Gasteiger partial charge >= 0.3 is 0 Å². The van der Waals surface area contributed by atoms with Gasteiger partial charge in [0.1, 0.15) is 23.6 Å². The van der Waals surface area contributed by atoms with E-state index in [1.54, 1.807) is 0 Å². The molecule has 0 spiro atoms. The van der Waals surface area contributed by atoms with Crippen molar-refractivity contribution in [2.24, 2.45) is 0 Å². The third kappa shape index (κ3) is 3.53. The molecule has 0 saturated carbocycles. The molecule has 0 aliphatic carbocycles. The molecular formula is C18H23FN6O. The third-order valence-corrected chi connectivity index (χ3v) is 5.09. The zero-order chi connectivity index (χ0) is 18.8. The van der Waals surface area contributed by atoms with E-state index in [-0.39, 0.29) is 6.04 Å². The minimum Gasteiger partial charge on any atom is -0.366 e. The second kappa shape index (κ2) is 7.38. The fourth-order valence-electron chi connectivity index (χ4n) is 3.34. The predicted octanol–water partition coefficient (Wildman–Crippen LogP) is 2.59. The molecule has 2 atom stereocenters. The number of rotatable bonds is 5. The van der Waals surface area contributed by atoms with Gasteiger partial charge in [0.15, 0.2) is 5.82 Å². The van der Waals surface area contributed by atoms with Crippen LogP contribution in [-0.4, -0.2) is 45.6 Å². The minimum absolute atomic E-state index is 0.00588. The fraction of sp³-hybridized carbons (Fsp3) is 0.556. The Morgan fingerprint density at radius 1 is 1.27 bits per heavy atom. The van der Waals surface area contributed by atoms with Crippen LogP contribution in [0.25, 0.3) is 0 Å². The number of nitriles is 1. The Morgan fingerprint density at radius 2 is 2.04 bits per heavy atom. The van der Waals surface area contributed by atoms with Gasteiger partial charge < -0.3 is 9.84 Å². The highest BCUT2D eigenvalue weighted by molar-refractivity contribution is 5.55. The van der Waals surface area contributed by atoms with E-state index in [0.29, 0.717) is 37.4 Å². The standard InChI is InChI=1S/C18H23FN6O/c1-10-11(2)22-23-18(16(10)6-20)21-7-15-5-14(19)8-25(15)9-17-12(3)24-26-13(17)4/h14-15H,5,7-9H2,1-4H3,(H,21,23)/t14-,15-/m0/s1. The van der Waals surface area contributed by atoms with Gasteiger partial charge in [-0.25, -0.2) is 4.39 Å². The van der Waals surface area contributed by atoms with Crippen molar-refractivity contribution in [1.29, 1.82) is 5.26 Å². The van der Waals surface area contributed by atoms with E-state index in [9.17, 15) is 9.65 Å². The number of aryl methyl sites for hydroxylation is 3. The van der Waals surface area contributed by atoms with Crippen molar-refractivity contribution < 1.29 is 8.91 Å². The quantitative estimate of drug-likeness (QED) is 0.878. The van der Waals surface area contributed by atoms with Crippen LogP contribution < -0.4 is 5.32 Å². The third-order valence-electron chi connectivity index (χ3n) is 5.09. The Kier molecular flexibility index (Phi) is 5.18. The van der Waals surface area contributed by atoms with Crippen molar-refractivity contribution in [2.75, 3.05) is 18.4 Å². The van der Waals surface area contributed by atoms with Crippen molar-refractivity contribution in [3.8, 4) is 6.07 Å². The van der Waals surface area contributed by atoms with Crippen molar-refractivity contribution in [2.45, 2.75) is 52.9 Å². The van der Waals surface area contributed by atoms with E-state index in [1.807, 2.05) is 27.7 Å². The Labute approximate surface area is 152 Å². The number of alkyl halides is 1. The normalized spacial score (nSPS) is 20.3. The maximum atomic E-state index is 14.1. The molecule has 3 heterocycles. The first-order valence-electron chi connectivity index (χ1n) is 8.68.